The summed E-state index contributed by atoms with van der Waals surface area (Å²) in [5.74, 6) is 0.465. The minimum atomic E-state index is 0.162. The summed E-state index contributed by atoms with van der Waals surface area (Å²) >= 11 is 6.20. The lowest BCUT2D eigenvalue weighted by atomic mass is 9.95. The van der Waals surface area contributed by atoms with E-state index in [1.54, 1.807) is 0 Å². The van der Waals surface area contributed by atoms with Crippen LogP contribution in [-0.4, -0.2) is 30.4 Å². The molecule has 1 saturated heterocycles. The molecule has 3 nitrogen and oxygen atoms in total. The molecule has 1 N–H and O–H groups in total. The minimum absolute atomic E-state index is 0.162. The highest BCUT2D eigenvalue weighted by molar-refractivity contribution is 6.31. The Morgan fingerprint density at radius 2 is 2.32 bits per heavy atom. The Balaban J connectivity index is 1.73. The van der Waals surface area contributed by atoms with E-state index in [2.05, 4.69) is 11.4 Å². The SMILES string of the molecule is O=C(C1CCCNC1)N1CCc2c(Cl)cccc2C1. The highest BCUT2D eigenvalue weighted by Crippen LogP contribution is 2.27. The minimum Gasteiger partial charge on any atom is -0.338 e. The summed E-state index contributed by atoms with van der Waals surface area (Å²) in [6, 6.07) is 5.99. The van der Waals surface area contributed by atoms with E-state index in [1.807, 2.05) is 17.0 Å². The molecule has 0 aromatic heterocycles. The highest BCUT2D eigenvalue weighted by Gasteiger charge is 2.28. The molecule has 19 heavy (non-hydrogen) atoms. The van der Waals surface area contributed by atoms with Crippen LogP contribution in [-0.2, 0) is 17.8 Å². The number of hydrogen-bond acceptors (Lipinski definition) is 2. The topological polar surface area (TPSA) is 32.3 Å². The van der Waals surface area contributed by atoms with Crippen LogP contribution in [0.3, 0.4) is 0 Å². The van der Waals surface area contributed by atoms with Gasteiger partial charge in [0.1, 0.15) is 0 Å². The zero-order chi connectivity index (χ0) is 13.2. The molecule has 4 heteroatoms. The number of carbonyl (C=O) groups excluding carboxylic acids is 1. The number of benzene rings is 1. The predicted octanol–water partition coefficient (Wildman–Crippen LogP) is 2.22. The normalized spacial score (nSPS) is 23.0. The van der Waals surface area contributed by atoms with Gasteiger partial charge in [-0.1, -0.05) is 23.7 Å². The number of halogens is 1. The number of nitrogens with zero attached hydrogens (tertiary/aromatic N) is 1. The van der Waals surface area contributed by atoms with Crippen LogP contribution in [0.2, 0.25) is 5.02 Å². The molecule has 2 aliphatic rings. The van der Waals surface area contributed by atoms with Crippen LogP contribution in [0.5, 0.6) is 0 Å². The highest BCUT2D eigenvalue weighted by atomic mass is 35.5. The molecule has 2 aliphatic heterocycles. The van der Waals surface area contributed by atoms with Gasteiger partial charge in [-0.3, -0.25) is 4.79 Å². The van der Waals surface area contributed by atoms with Gasteiger partial charge in [-0.2, -0.15) is 0 Å². The van der Waals surface area contributed by atoms with Crippen molar-refractivity contribution in [2.75, 3.05) is 19.6 Å². The zero-order valence-electron chi connectivity index (χ0n) is 11.0. The third-order valence-corrected chi connectivity index (χ3v) is 4.52. The van der Waals surface area contributed by atoms with Gasteiger partial charge in [0.15, 0.2) is 0 Å². The molecule has 0 radical (unpaired) electrons. The molecule has 1 atom stereocenters. The van der Waals surface area contributed by atoms with Crippen molar-refractivity contribution in [1.82, 2.24) is 10.2 Å². The first-order chi connectivity index (χ1) is 9.25. The fraction of sp³-hybridized carbons (Fsp3) is 0.533. The molecule has 0 spiro atoms. The van der Waals surface area contributed by atoms with Crippen molar-refractivity contribution in [2.45, 2.75) is 25.8 Å². The second-order valence-electron chi connectivity index (χ2n) is 5.43. The molecule has 1 aromatic carbocycles. The number of hydrogen-bond donors (Lipinski definition) is 1. The molecule has 1 amide bonds. The maximum Gasteiger partial charge on any atom is 0.227 e. The molecular weight excluding hydrogens is 260 g/mol. The van der Waals surface area contributed by atoms with Crippen molar-refractivity contribution in [2.24, 2.45) is 5.92 Å². The molecular formula is C15H19ClN2O. The van der Waals surface area contributed by atoms with Crippen LogP contribution < -0.4 is 5.32 Å². The molecule has 0 aliphatic carbocycles. The van der Waals surface area contributed by atoms with Crippen molar-refractivity contribution >= 4 is 17.5 Å². The van der Waals surface area contributed by atoms with Gasteiger partial charge >= 0.3 is 0 Å². The number of nitrogens with one attached hydrogen (secondary N) is 1. The lowest BCUT2D eigenvalue weighted by Gasteiger charge is -2.33. The average molecular weight is 279 g/mol. The molecule has 0 saturated carbocycles. The van der Waals surface area contributed by atoms with Gasteiger partial charge in [0.05, 0.1) is 5.92 Å². The van der Waals surface area contributed by atoms with Crippen molar-refractivity contribution in [1.29, 1.82) is 0 Å². The standard InChI is InChI=1S/C15H19ClN2O/c16-14-5-1-3-12-10-18(8-6-13(12)14)15(19)11-4-2-7-17-9-11/h1,3,5,11,17H,2,4,6-10H2. The smallest absolute Gasteiger partial charge is 0.227 e. The van der Waals surface area contributed by atoms with Gasteiger partial charge in [-0.25, -0.2) is 0 Å². The summed E-state index contributed by atoms with van der Waals surface area (Å²) in [6.07, 6.45) is 3.00. The molecule has 1 fully saturated rings. The van der Waals surface area contributed by atoms with Crippen LogP contribution in [0, 0.1) is 5.92 Å². The Morgan fingerprint density at radius 1 is 1.42 bits per heavy atom. The van der Waals surface area contributed by atoms with Crippen molar-refractivity contribution < 1.29 is 4.79 Å². The summed E-state index contributed by atoms with van der Waals surface area (Å²) in [5.41, 5.74) is 2.42. The Labute approximate surface area is 118 Å². The van der Waals surface area contributed by atoms with E-state index in [9.17, 15) is 4.79 Å². The van der Waals surface area contributed by atoms with E-state index in [0.29, 0.717) is 12.5 Å². The van der Waals surface area contributed by atoms with Crippen molar-refractivity contribution in [3.63, 3.8) is 0 Å². The third-order valence-electron chi connectivity index (χ3n) is 4.17. The van der Waals surface area contributed by atoms with Crippen LogP contribution in [0.1, 0.15) is 24.0 Å². The van der Waals surface area contributed by atoms with Gasteiger partial charge in [0.25, 0.3) is 0 Å². The Hall–Kier alpha value is -1.06. The molecule has 1 unspecified atom stereocenters. The largest absolute Gasteiger partial charge is 0.338 e. The summed E-state index contributed by atoms with van der Waals surface area (Å²) in [7, 11) is 0. The first-order valence-corrected chi connectivity index (χ1v) is 7.39. The molecule has 0 bridgehead atoms. The maximum atomic E-state index is 12.5. The first kappa shape index (κ1) is 12.9. The summed E-state index contributed by atoms with van der Waals surface area (Å²) in [4.78, 5) is 14.5. The van der Waals surface area contributed by atoms with Gasteiger partial charge in [-0.05, 0) is 43.0 Å². The Bertz CT molecular complexity index is 483. The fourth-order valence-corrected chi connectivity index (χ4v) is 3.36. The van der Waals surface area contributed by atoms with E-state index < -0.39 is 0 Å². The summed E-state index contributed by atoms with van der Waals surface area (Å²) in [5, 5.41) is 4.15. The predicted molar refractivity (Wildman–Crippen MR) is 76.2 cm³/mol. The van der Waals surface area contributed by atoms with Crippen molar-refractivity contribution in [3.05, 3.63) is 34.3 Å². The summed E-state index contributed by atoms with van der Waals surface area (Å²) in [6.45, 7) is 3.39. The van der Waals surface area contributed by atoms with Crippen LogP contribution in [0.25, 0.3) is 0 Å². The van der Waals surface area contributed by atoms with Gasteiger partial charge in [0.2, 0.25) is 5.91 Å². The number of amides is 1. The number of carbonyl (C=O) groups is 1. The number of fused-ring (bicyclic) bond motifs is 1. The molecule has 3 rings (SSSR count). The van der Waals surface area contributed by atoms with Crippen molar-refractivity contribution in [3.8, 4) is 0 Å². The molecule has 102 valence electrons. The van der Waals surface area contributed by atoms with E-state index in [0.717, 1.165) is 43.9 Å². The lowest BCUT2D eigenvalue weighted by Crippen LogP contribution is -2.44. The van der Waals surface area contributed by atoms with E-state index >= 15 is 0 Å². The monoisotopic (exact) mass is 278 g/mol. The zero-order valence-corrected chi connectivity index (χ0v) is 11.7. The summed E-state index contributed by atoms with van der Waals surface area (Å²) < 4.78 is 0. The number of piperidine rings is 1. The Morgan fingerprint density at radius 3 is 3.11 bits per heavy atom. The van der Waals surface area contributed by atoms with Gasteiger partial charge in [-0.15, -0.1) is 0 Å². The van der Waals surface area contributed by atoms with Crippen LogP contribution >= 0.6 is 11.6 Å². The quantitative estimate of drug-likeness (QED) is 0.854. The average Bonchev–Trinajstić information content (AvgIpc) is 2.47. The van der Waals surface area contributed by atoms with Gasteiger partial charge in [0, 0.05) is 24.7 Å². The van der Waals surface area contributed by atoms with E-state index in [-0.39, 0.29) is 5.92 Å². The maximum absolute atomic E-state index is 12.5. The van der Waals surface area contributed by atoms with Gasteiger partial charge < -0.3 is 10.2 Å². The second kappa shape index (κ2) is 5.51. The first-order valence-electron chi connectivity index (χ1n) is 7.01. The Kier molecular flexibility index (Phi) is 3.76. The second-order valence-corrected chi connectivity index (χ2v) is 5.84. The van der Waals surface area contributed by atoms with E-state index in [1.165, 1.54) is 11.1 Å². The third kappa shape index (κ3) is 2.63. The fourth-order valence-electron chi connectivity index (χ4n) is 3.07. The van der Waals surface area contributed by atoms with Crippen LogP contribution in [0.15, 0.2) is 18.2 Å². The number of rotatable bonds is 1. The molecule has 2 heterocycles. The molecule has 1 aromatic rings. The van der Waals surface area contributed by atoms with Crippen LogP contribution in [0.4, 0.5) is 0 Å². The lowest BCUT2D eigenvalue weighted by molar-refractivity contribution is -0.137. The van der Waals surface area contributed by atoms with E-state index in [4.69, 9.17) is 11.6 Å².